The lowest BCUT2D eigenvalue weighted by atomic mass is 9.98. The van der Waals surface area contributed by atoms with Crippen molar-refractivity contribution in [2.45, 2.75) is 64.5 Å². The number of unbranched alkanes of at least 4 members (excludes halogenated alkanes) is 1. The van der Waals surface area contributed by atoms with Crippen LogP contribution in [0.15, 0.2) is 0 Å². The molecule has 102 valence electrons. The molecule has 0 aromatic carbocycles. The molecular formula is C14H30N2O. The van der Waals surface area contributed by atoms with Gasteiger partial charge in [-0.25, -0.2) is 0 Å². The molecule has 1 fully saturated rings. The van der Waals surface area contributed by atoms with Crippen LogP contribution in [0.1, 0.15) is 52.9 Å². The summed E-state index contributed by atoms with van der Waals surface area (Å²) in [6.45, 7) is 10.3. The van der Waals surface area contributed by atoms with Gasteiger partial charge in [-0.3, -0.25) is 0 Å². The third kappa shape index (κ3) is 5.84. The Kier molecular flexibility index (Phi) is 6.45. The van der Waals surface area contributed by atoms with E-state index in [0.29, 0.717) is 6.04 Å². The summed E-state index contributed by atoms with van der Waals surface area (Å²) in [5, 5.41) is 13.1. The summed E-state index contributed by atoms with van der Waals surface area (Å²) in [6, 6.07) is 0.665. The molecule has 2 N–H and O–H groups in total. The van der Waals surface area contributed by atoms with Crippen LogP contribution in [0.5, 0.6) is 0 Å². The molecule has 1 aliphatic rings. The number of hydrogen-bond donors (Lipinski definition) is 2. The molecule has 0 radical (unpaired) electrons. The second-order valence-corrected chi connectivity index (χ2v) is 5.68. The van der Waals surface area contributed by atoms with Crippen molar-refractivity contribution >= 4 is 0 Å². The van der Waals surface area contributed by atoms with Gasteiger partial charge < -0.3 is 15.3 Å². The smallest absolute Gasteiger partial charge is 0.0611 e. The lowest BCUT2D eigenvalue weighted by Crippen LogP contribution is -2.49. The zero-order valence-electron chi connectivity index (χ0n) is 11.8. The van der Waals surface area contributed by atoms with Crippen LogP contribution in [0.2, 0.25) is 0 Å². The van der Waals surface area contributed by atoms with Gasteiger partial charge in [0.1, 0.15) is 0 Å². The van der Waals surface area contributed by atoms with Crippen LogP contribution >= 0.6 is 0 Å². The van der Waals surface area contributed by atoms with Crippen molar-refractivity contribution in [1.82, 2.24) is 10.2 Å². The summed E-state index contributed by atoms with van der Waals surface area (Å²) in [4.78, 5) is 2.49. The van der Waals surface area contributed by atoms with Crippen molar-refractivity contribution in [2.24, 2.45) is 0 Å². The molecule has 0 spiro atoms. The molecule has 0 aromatic rings. The summed E-state index contributed by atoms with van der Waals surface area (Å²) in [6.07, 6.45) is 6.14. The monoisotopic (exact) mass is 242 g/mol. The number of aliphatic hydroxyl groups excluding tert-OH is 1. The Morgan fingerprint density at radius 1 is 1.29 bits per heavy atom. The lowest BCUT2D eigenvalue weighted by Gasteiger charge is -2.32. The minimum Gasteiger partial charge on any atom is -0.394 e. The third-order valence-corrected chi connectivity index (χ3v) is 3.73. The fourth-order valence-electron chi connectivity index (χ4n) is 2.13. The topological polar surface area (TPSA) is 35.5 Å². The van der Waals surface area contributed by atoms with Crippen molar-refractivity contribution in [3.63, 3.8) is 0 Å². The van der Waals surface area contributed by atoms with Crippen LogP contribution in [0, 0.1) is 0 Å². The highest BCUT2D eigenvalue weighted by atomic mass is 16.3. The molecule has 0 heterocycles. The molecule has 0 bridgehead atoms. The van der Waals surface area contributed by atoms with E-state index < -0.39 is 0 Å². The van der Waals surface area contributed by atoms with Gasteiger partial charge in [-0.15, -0.1) is 0 Å². The standard InChI is InChI=1S/C14H30N2O/c1-4-6-10-16(5-2)11-9-14(3,12-17)15-13-7-8-13/h13,15,17H,4-12H2,1-3H3. The number of rotatable bonds is 10. The van der Waals surface area contributed by atoms with Gasteiger partial charge in [0.25, 0.3) is 0 Å². The fourth-order valence-corrected chi connectivity index (χ4v) is 2.13. The Balaban J connectivity index is 2.28. The number of hydrogen-bond acceptors (Lipinski definition) is 3. The molecule has 0 amide bonds. The van der Waals surface area contributed by atoms with E-state index in [0.717, 1.165) is 19.5 Å². The lowest BCUT2D eigenvalue weighted by molar-refractivity contribution is 0.144. The Morgan fingerprint density at radius 2 is 2.00 bits per heavy atom. The molecule has 1 saturated carbocycles. The van der Waals surface area contributed by atoms with E-state index in [2.05, 4.69) is 31.0 Å². The van der Waals surface area contributed by atoms with Gasteiger partial charge in [-0.1, -0.05) is 20.3 Å². The highest BCUT2D eigenvalue weighted by molar-refractivity contribution is 4.92. The van der Waals surface area contributed by atoms with Gasteiger partial charge in [0.05, 0.1) is 6.61 Å². The van der Waals surface area contributed by atoms with Gasteiger partial charge in [0, 0.05) is 11.6 Å². The molecule has 1 atom stereocenters. The summed E-state index contributed by atoms with van der Waals surface area (Å²) in [7, 11) is 0. The van der Waals surface area contributed by atoms with Crippen LogP contribution in [0.25, 0.3) is 0 Å². The molecule has 17 heavy (non-hydrogen) atoms. The van der Waals surface area contributed by atoms with Crippen molar-refractivity contribution in [3.05, 3.63) is 0 Å². The molecule has 1 rings (SSSR count). The molecular weight excluding hydrogens is 212 g/mol. The Bertz CT molecular complexity index is 206. The first kappa shape index (κ1) is 14.9. The predicted octanol–water partition coefficient (Wildman–Crippen LogP) is 2.00. The van der Waals surface area contributed by atoms with E-state index in [1.54, 1.807) is 0 Å². The zero-order chi connectivity index (χ0) is 12.7. The van der Waals surface area contributed by atoms with Crippen molar-refractivity contribution in [1.29, 1.82) is 0 Å². The average molecular weight is 242 g/mol. The van der Waals surface area contributed by atoms with Crippen LogP contribution in [0.4, 0.5) is 0 Å². The maximum Gasteiger partial charge on any atom is 0.0611 e. The van der Waals surface area contributed by atoms with Crippen LogP contribution in [-0.4, -0.2) is 47.8 Å². The van der Waals surface area contributed by atoms with Gasteiger partial charge in [-0.2, -0.15) is 0 Å². The second-order valence-electron chi connectivity index (χ2n) is 5.68. The van der Waals surface area contributed by atoms with Crippen molar-refractivity contribution in [2.75, 3.05) is 26.2 Å². The van der Waals surface area contributed by atoms with Gasteiger partial charge in [0.2, 0.25) is 0 Å². The van der Waals surface area contributed by atoms with E-state index in [4.69, 9.17) is 0 Å². The molecule has 3 heteroatoms. The predicted molar refractivity (Wildman–Crippen MR) is 73.3 cm³/mol. The van der Waals surface area contributed by atoms with Crippen molar-refractivity contribution in [3.8, 4) is 0 Å². The quantitative estimate of drug-likeness (QED) is 0.615. The number of nitrogens with one attached hydrogen (secondary N) is 1. The van der Waals surface area contributed by atoms with Gasteiger partial charge >= 0.3 is 0 Å². The van der Waals surface area contributed by atoms with Crippen molar-refractivity contribution < 1.29 is 5.11 Å². The van der Waals surface area contributed by atoms with Gasteiger partial charge in [0.15, 0.2) is 0 Å². The van der Waals surface area contributed by atoms with Crippen LogP contribution in [0.3, 0.4) is 0 Å². The van der Waals surface area contributed by atoms with Crippen LogP contribution in [-0.2, 0) is 0 Å². The third-order valence-electron chi connectivity index (χ3n) is 3.73. The highest BCUT2D eigenvalue weighted by Crippen LogP contribution is 2.24. The summed E-state index contributed by atoms with van der Waals surface area (Å²) >= 11 is 0. The molecule has 1 aliphatic carbocycles. The molecule has 0 aliphatic heterocycles. The number of nitrogens with zero attached hydrogens (tertiary/aromatic N) is 1. The molecule has 0 saturated heterocycles. The van der Waals surface area contributed by atoms with Gasteiger partial charge in [-0.05, 0) is 52.2 Å². The van der Waals surface area contributed by atoms with E-state index >= 15 is 0 Å². The summed E-state index contributed by atoms with van der Waals surface area (Å²) < 4.78 is 0. The first-order valence-electron chi connectivity index (χ1n) is 7.24. The Hall–Kier alpha value is -0.120. The SMILES string of the molecule is CCCCN(CC)CCC(C)(CO)NC1CC1. The summed E-state index contributed by atoms with van der Waals surface area (Å²) in [5.41, 5.74) is -0.0825. The largest absolute Gasteiger partial charge is 0.394 e. The number of aliphatic hydroxyl groups is 1. The molecule has 1 unspecified atom stereocenters. The fraction of sp³-hybridized carbons (Fsp3) is 1.00. The first-order valence-corrected chi connectivity index (χ1v) is 7.24. The van der Waals surface area contributed by atoms with Crippen LogP contribution < -0.4 is 5.32 Å². The Labute approximate surface area is 107 Å². The second kappa shape index (κ2) is 7.34. The van der Waals surface area contributed by atoms with E-state index in [1.165, 1.54) is 32.2 Å². The van der Waals surface area contributed by atoms with E-state index in [-0.39, 0.29) is 12.1 Å². The maximum atomic E-state index is 9.54. The zero-order valence-corrected chi connectivity index (χ0v) is 11.8. The normalized spacial score (nSPS) is 19.6. The highest BCUT2D eigenvalue weighted by Gasteiger charge is 2.31. The average Bonchev–Trinajstić information content (AvgIpc) is 3.13. The first-order chi connectivity index (χ1) is 8.13. The summed E-state index contributed by atoms with van der Waals surface area (Å²) in [5.74, 6) is 0. The Morgan fingerprint density at radius 3 is 2.47 bits per heavy atom. The minimum absolute atomic E-state index is 0.0825. The van der Waals surface area contributed by atoms with E-state index in [1.807, 2.05) is 0 Å². The molecule has 3 nitrogen and oxygen atoms in total. The molecule has 0 aromatic heterocycles. The minimum atomic E-state index is -0.0825. The van der Waals surface area contributed by atoms with E-state index in [9.17, 15) is 5.11 Å². The maximum absolute atomic E-state index is 9.54.